The lowest BCUT2D eigenvalue weighted by atomic mass is 9.79. The van der Waals surface area contributed by atoms with Crippen molar-refractivity contribution < 1.29 is 23.5 Å². The monoisotopic (exact) mass is 458 g/mol. The van der Waals surface area contributed by atoms with Crippen LogP contribution in [0.2, 0.25) is 5.02 Å². The maximum Gasteiger partial charge on any atom is 0.320 e. The number of carboxylic acids is 1. The second kappa shape index (κ2) is 9.35. The van der Waals surface area contributed by atoms with Crippen molar-refractivity contribution in [2.24, 2.45) is 5.92 Å². The lowest BCUT2D eigenvalue weighted by molar-refractivity contribution is -0.142. The number of amides is 1. The fourth-order valence-electron chi connectivity index (χ4n) is 3.79. The molecule has 3 aromatic rings. The molecule has 0 bridgehead atoms. The van der Waals surface area contributed by atoms with Crippen LogP contribution in [0.15, 0.2) is 46.9 Å². The number of benzene rings is 2. The number of carbonyl (C=O) groups excluding carboxylic acids is 1. The molecule has 0 radical (unpaired) electrons. The second-order valence-corrected chi connectivity index (χ2v) is 8.06. The highest BCUT2D eigenvalue weighted by Crippen LogP contribution is 2.36. The number of hydrogen-bond acceptors (Lipinski definition) is 6. The van der Waals surface area contributed by atoms with E-state index < -0.39 is 17.7 Å². The van der Waals surface area contributed by atoms with E-state index in [0.717, 1.165) is 5.56 Å². The third kappa shape index (κ3) is 5.05. The number of hydrogen-bond donors (Lipinski definition) is 3. The molecule has 1 fully saturated rings. The van der Waals surface area contributed by atoms with Crippen LogP contribution in [0, 0.1) is 11.7 Å². The molecule has 1 saturated carbocycles. The van der Waals surface area contributed by atoms with Crippen molar-refractivity contribution in [1.29, 1.82) is 0 Å². The summed E-state index contributed by atoms with van der Waals surface area (Å²) in [6, 6.07) is 11.4. The number of rotatable bonds is 6. The third-order valence-electron chi connectivity index (χ3n) is 5.48. The summed E-state index contributed by atoms with van der Waals surface area (Å²) in [6.45, 7) is 0. The smallest absolute Gasteiger partial charge is 0.320 e. The molecule has 3 N–H and O–H groups in total. The van der Waals surface area contributed by atoms with Crippen LogP contribution in [0.25, 0.3) is 0 Å². The summed E-state index contributed by atoms with van der Waals surface area (Å²) in [4.78, 5) is 23.5. The zero-order valence-electron chi connectivity index (χ0n) is 16.8. The average Bonchev–Trinajstić information content (AvgIpc) is 3.24. The van der Waals surface area contributed by atoms with E-state index in [1.807, 2.05) is 0 Å². The Kier molecular flexibility index (Phi) is 6.36. The van der Waals surface area contributed by atoms with Gasteiger partial charge in [-0.1, -0.05) is 28.8 Å². The molecule has 1 aromatic heterocycles. The van der Waals surface area contributed by atoms with Crippen LogP contribution in [-0.2, 0) is 4.79 Å². The number of carbonyl (C=O) groups is 2. The topological polar surface area (TPSA) is 117 Å². The SMILES string of the molecule is O=C(Nc1ccc(C2CCC(C(=O)O)CC2)cc1F)c1nnc(Nc2cccc(Cl)c2)o1. The van der Waals surface area contributed by atoms with Crippen LogP contribution in [0.1, 0.15) is 47.8 Å². The van der Waals surface area contributed by atoms with Crippen LogP contribution in [0.4, 0.5) is 21.8 Å². The molecule has 10 heteroatoms. The van der Waals surface area contributed by atoms with E-state index in [1.165, 1.54) is 12.1 Å². The number of nitrogens with one attached hydrogen (secondary N) is 2. The zero-order valence-corrected chi connectivity index (χ0v) is 17.6. The van der Waals surface area contributed by atoms with Gasteiger partial charge in [-0.05, 0) is 67.5 Å². The van der Waals surface area contributed by atoms with Gasteiger partial charge in [0.15, 0.2) is 0 Å². The van der Waals surface area contributed by atoms with E-state index in [-0.39, 0.29) is 29.4 Å². The summed E-state index contributed by atoms with van der Waals surface area (Å²) in [5.41, 5.74) is 1.38. The maximum atomic E-state index is 14.6. The minimum Gasteiger partial charge on any atom is -0.481 e. The predicted molar refractivity (Wildman–Crippen MR) is 116 cm³/mol. The average molecular weight is 459 g/mol. The largest absolute Gasteiger partial charge is 0.481 e. The lowest BCUT2D eigenvalue weighted by Crippen LogP contribution is -2.20. The third-order valence-corrected chi connectivity index (χ3v) is 5.72. The molecule has 32 heavy (non-hydrogen) atoms. The molecule has 1 heterocycles. The van der Waals surface area contributed by atoms with E-state index in [2.05, 4.69) is 20.8 Å². The first kappa shape index (κ1) is 21.8. The first-order valence-electron chi connectivity index (χ1n) is 10.1. The second-order valence-electron chi connectivity index (χ2n) is 7.63. The van der Waals surface area contributed by atoms with Crippen molar-refractivity contribution in [1.82, 2.24) is 10.2 Å². The van der Waals surface area contributed by atoms with Gasteiger partial charge in [0, 0.05) is 10.7 Å². The quantitative estimate of drug-likeness (QED) is 0.463. The highest BCUT2D eigenvalue weighted by molar-refractivity contribution is 6.30. The Hall–Kier alpha value is -3.46. The molecule has 1 aliphatic carbocycles. The van der Waals surface area contributed by atoms with Gasteiger partial charge in [0.25, 0.3) is 0 Å². The first-order valence-corrected chi connectivity index (χ1v) is 10.5. The van der Waals surface area contributed by atoms with Crippen molar-refractivity contribution in [3.63, 3.8) is 0 Å². The molecule has 166 valence electrons. The van der Waals surface area contributed by atoms with Crippen LogP contribution in [0.5, 0.6) is 0 Å². The number of nitrogens with zero attached hydrogens (tertiary/aromatic N) is 2. The van der Waals surface area contributed by atoms with Crippen LogP contribution >= 0.6 is 11.6 Å². The van der Waals surface area contributed by atoms with Gasteiger partial charge in [-0.15, -0.1) is 5.10 Å². The molecular formula is C22H20ClFN4O4. The number of anilines is 3. The molecule has 0 unspecified atom stereocenters. The van der Waals surface area contributed by atoms with Crippen molar-refractivity contribution in [3.05, 3.63) is 64.8 Å². The summed E-state index contributed by atoms with van der Waals surface area (Å²) in [5.74, 6) is -2.67. The Labute approximate surface area is 187 Å². The fraction of sp³-hybridized carbons (Fsp3) is 0.273. The Morgan fingerprint density at radius 2 is 1.88 bits per heavy atom. The van der Waals surface area contributed by atoms with Gasteiger partial charge in [0.2, 0.25) is 0 Å². The van der Waals surface area contributed by atoms with Gasteiger partial charge < -0.3 is 20.2 Å². The van der Waals surface area contributed by atoms with E-state index in [0.29, 0.717) is 36.4 Å². The molecule has 2 aromatic carbocycles. The number of carboxylic acid groups (broad SMARTS) is 1. The van der Waals surface area contributed by atoms with Crippen LogP contribution < -0.4 is 10.6 Å². The summed E-state index contributed by atoms with van der Waals surface area (Å²) in [6.07, 6.45) is 2.52. The van der Waals surface area contributed by atoms with Gasteiger partial charge in [0.05, 0.1) is 11.6 Å². The number of aromatic nitrogens is 2. The number of halogens is 2. The first-order chi connectivity index (χ1) is 15.4. The van der Waals surface area contributed by atoms with Gasteiger partial charge >= 0.3 is 23.8 Å². The van der Waals surface area contributed by atoms with Gasteiger partial charge in [-0.25, -0.2) is 4.39 Å². The Morgan fingerprint density at radius 3 is 2.56 bits per heavy atom. The van der Waals surface area contributed by atoms with Crippen molar-refractivity contribution in [3.8, 4) is 0 Å². The summed E-state index contributed by atoms with van der Waals surface area (Å²) < 4.78 is 19.9. The van der Waals surface area contributed by atoms with Crippen LogP contribution in [0.3, 0.4) is 0 Å². The van der Waals surface area contributed by atoms with Gasteiger partial charge in [-0.2, -0.15) is 0 Å². The predicted octanol–water partition coefficient (Wildman–Crippen LogP) is 5.22. The molecule has 4 rings (SSSR count). The van der Waals surface area contributed by atoms with Crippen LogP contribution in [-0.4, -0.2) is 27.2 Å². The van der Waals surface area contributed by atoms with E-state index in [4.69, 9.17) is 21.1 Å². The Bertz CT molecular complexity index is 1140. The van der Waals surface area contributed by atoms with E-state index in [9.17, 15) is 14.0 Å². The molecule has 0 aliphatic heterocycles. The minimum atomic E-state index is -0.778. The summed E-state index contributed by atoms with van der Waals surface area (Å²) in [5, 5.41) is 22.3. The fourth-order valence-corrected chi connectivity index (χ4v) is 3.98. The molecular weight excluding hydrogens is 439 g/mol. The molecule has 1 aliphatic rings. The van der Waals surface area contributed by atoms with Crippen molar-refractivity contribution >= 4 is 40.9 Å². The Morgan fingerprint density at radius 1 is 1.09 bits per heavy atom. The van der Waals surface area contributed by atoms with E-state index in [1.54, 1.807) is 30.3 Å². The highest BCUT2D eigenvalue weighted by atomic mass is 35.5. The normalized spacial score (nSPS) is 18.2. The maximum absolute atomic E-state index is 14.6. The summed E-state index contributed by atoms with van der Waals surface area (Å²) >= 11 is 5.92. The molecule has 8 nitrogen and oxygen atoms in total. The van der Waals surface area contributed by atoms with Gasteiger partial charge in [-0.3, -0.25) is 9.59 Å². The lowest BCUT2D eigenvalue weighted by Gasteiger charge is -2.26. The summed E-state index contributed by atoms with van der Waals surface area (Å²) in [7, 11) is 0. The number of aliphatic carboxylic acids is 1. The van der Waals surface area contributed by atoms with Crippen molar-refractivity contribution in [2.75, 3.05) is 10.6 Å². The molecule has 1 amide bonds. The molecule has 0 spiro atoms. The minimum absolute atomic E-state index is 0.00907. The zero-order chi connectivity index (χ0) is 22.7. The Balaban J connectivity index is 1.38. The van der Waals surface area contributed by atoms with E-state index >= 15 is 0 Å². The van der Waals surface area contributed by atoms with Crippen molar-refractivity contribution in [2.45, 2.75) is 31.6 Å². The van der Waals surface area contributed by atoms with Gasteiger partial charge in [0.1, 0.15) is 5.82 Å². The standard InChI is InChI=1S/C22H20ClFN4O4/c23-15-2-1-3-16(11-15)25-22-28-27-20(32-22)19(29)26-18-9-8-14(10-17(18)24)12-4-6-13(7-5-12)21(30)31/h1-3,8-13H,4-7H2,(H,25,28)(H,26,29)(H,30,31). The molecule has 0 atom stereocenters. The molecule has 0 saturated heterocycles. The highest BCUT2D eigenvalue weighted by Gasteiger charge is 2.27.